The third-order valence-corrected chi connectivity index (χ3v) is 2.02. The fourth-order valence-electron chi connectivity index (χ4n) is 1.27. The van der Waals surface area contributed by atoms with Gasteiger partial charge in [-0.05, 0) is 18.2 Å². The lowest BCUT2D eigenvalue weighted by Gasteiger charge is -2.09. The molecule has 1 aromatic carbocycles. The van der Waals surface area contributed by atoms with Crippen LogP contribution in [0.15, 0.2) is 30.9 Å². The summed E-state index contributed by atoms with van der Waals surface area (Å²) in [5.74, 6) is -1.26. The Kier molecular flexibility index (Phi) is 2.74. The monoisotopic (exact) mass is 243 g/mol. The molecule has 0 atom stereocenters. The highest BCUT2D eigenvalue weighted by atomic mass is 19.4. The van der Waals surface area contributed by atoms with Crippen LogP contribution < -0.4 is 0 Å². The van der Waals surface area contributed by atoms with Crippen molar-refractivity contribution in [3.05, 3.63) is 42.2 Å². The van der Waals surface area contributed by atoms with E-state index in [1.807, 2.05) is 0 Å². The first-order valence-electron chi connectivity index (χ1n) is 4.47. The second-order valence-electron chi connectivity index (χ2n) is 3.15. The van der Waals surface area contributed by atoms with Crippen LogP contribution in [-0.2, 0) is 6.18 Å². The number of halogens is 4. The van der Waals surface area contributed by atoms with Gasteiger partial charge in [-0.15, -0.1) is 0 Å². The third kappa shape index (κ3) is 2.38. The van der Waals surface area contributed by atoms with E-state index in [1.54, 1.807) is 0 Å². The summed E-state index contributed by atoms with van der Waals surface area (Å²) in [7, 11) is 0. The molecule has 0 saturated heterocycles. The van der Waals surface area contributed by atoms with E-state index in [0.29, 0.717) is 6.07 Å². The smallest absolute Gasteiger partial charge is 0.225 e. The van der Waals surface area contributed by atoms with Crippen LogP contribution >= 0.6 is 0 Å². The van der Waals surface area contributed by atoms with E-state index in [1.165, 1.54) is 6.07 Å². The molecule has 0 amide bonds. The molecule has 88 valence electrons. The molecule has 0 radical (unpaired) electrons. The second-order valence-corrected chi connectivity index (χ2v) is 3.15. The van der Waals surface area contributed by atoms with Crippen LogP contribution in [0.3, 0.4) is 0 Å². The minimum absolute atomic E-state index is 0.0606. The normalized spacial score (nSPS) is 11.5. The van der Waals surface area contributed by atoms with Gasteiger partial charge in [0.1, 0.15) is 18.5 Å². The van der Waals surface area contributed by atoms with Crippen LogP contribution in [0.2, 0.25) is 0 Å². The van der Waals surface area contributed by atoms with Crippen LogP contribution in [-0.4, -0.2) is 15.0 Å². The van der Waals surface area contributed by atoms with Crippen molar-refractivity contribution < 1.29 is 17.6 Å². The van der Waals surface area contributed by atoms with Gasteiger partial charge in [-0.2, -0.15) is 13.2 Å². The number of aromatic nitrogens is 3. The van der Waals surface area contributed by atoms with Gasteiger partial charge in [0.25, 0.3) is 0 Å². The van der Waals surface area contributed by atoms with Crippen molar-refractivity contribution in [3.8, 4) is 11.4 Å². The van der Waals surface area contributed by atoms with Gasteiger partial charge in [0, 0.05) is 5.56 Å². The summed E-state index contributed by atoms with van der Waals surface area (Å²) in [6, 6.07) is 2.59. The van der Waals surface area contributed by atoms with Crippen LogP contribution in [0.5, 0.6) is 0 Å². The zero-order valence-corrected chi connectivity index (χ0v) is 8.24. The average molecular weight is 243 g/mol. The van der Waals surface area contributed by atoms with E-state index in [-0.39, 0.29) is 11.4 Å². The molecule has 7 heteroatoms. The molecule has 0 fully saturated rings. The second kappa shape index (κ2) is 4.08. The van der Waals surface area contributed by atoms with Gasteiger partial charge >= 0.3 is 6.18 Å². The largest absolute Gasteiger partial charge is 0.419 e. The lowest BCUT2D eigenvalue weighted by molar-refractivity contribution is -0.139. The lowest BCUT2D eigenvalue weighted by Crippen LogP contribution is -2.08. The zero-order valence-electron chi connectivity index (χ0n) is 8.24. The van der Waals surface area contributed by atoms with Gasteiger partial charge in [-0.1, -0.05) is 0 Å². The Morgan fingerprint density at radius 2 is 1.65 bits per heavy atom. The topological polar surface area (TPSA) is 38.7 Å². The van der Waals surface area contributed by atoms with Gasteiger partial charge in [0.05, 0.1) is 5.56 Å². The molecule has 0 aliphatic heterocycles. The van der Waals surface area contributed by atoms with E-state index in [4.69, 9.17) is 0 Å². The third-order valence-electron chi connectivity index (χ3n) is 2.02. The summed E-state index contributed by atoms with van der Waals surface area (Å²) in [6.45, 7) is 0. The Morgan fingerprint density at radius 3 is 2.24 bits per heavy atom. The predicted molar refractivity (Wildman–Crippen MR) is 50.2 cm³/mol. The minimum Gasteiger partial charge on any atom is -0.225 e. The maximum absolute atomic E-state index is 13.0. The standard InChI is InChI=1S/C10H5F4N3/c11-8-2-1-6(3-7(8)10(12,13)14)9-16-4-15-5-17-9/h1-5H. The summed E-state index contributed by atoms with van der Waals surface area (Å²) in [5, 5.41) is 0. The number of alkyl halides is 3. The highest BCUT2D eigenvalue weighted by molar-refractivity contribution is 5.56. The Bertz CT molecular complexity index is 525. The van der Waals surface area contributed by atoms with Crippen molar-refractivity contribution >= 4 is 0 Å². The number of hydrogen-bond acceptors (Lipinski definition) is 3. The van der Waals surface area contributed by atoms with Gasteiger partial charge in [-0.25, -0.2) is 19.3 Å². The molecule has 1 aromatic heterocycles. The maximum atomic E-state index is 13.0. The fraction of sp³-hybridized carbons (Fsp3) is 0.100. The fourth-order valence-corrected chi connectivity index (χ4v) is 1.27. The van der Waals surface area contributed by atoms with E-state index < -0.39 is 17.6 Å². The van der Waals surface area contributed by atoms with Crippen molar-refractivity contribution in [3.63, 3.8) is 0 Å². The van der Waals surface area contributed by atoms with E-state index >= 15 is 0 Å². The predicted octanol–water partition coefficient (Wildman–Crippen LogP) is 2.70. The molecule has 0 N–H and O–H groups in total. The molecule has 2 aromatic rings. The molecule has 0 unspecified atom stereocenters. The summed E-state index contributed by atoms with van der Waals surface area (Å²) >= 11 is 0. The summed E-state index contributed by atoms with van der Waals surface area (Å²) < 4.78 is 50.4. The molecule has 1 heterocycles. The zero-order chi connectivity index (χ0) is 12.5. The van der Waals surface area contributed by atoms with Gasteiger partial charge in [0.2, 0.25) is 0 Å². The maximum Gasteiger partial charge on any atom is 0.419 e. The molecular formula is C10H5F4N3. The highest BCUT2D eigenvalue weighted by Crippen LogP contribution is 2.33. The quantitative estimate of drug-likeness (QED) is 0.723. The van der Waals surface area contributed by atoms with E-state index in [9.17, 15) is 17.6 Å². The lowest BCUT2D eigenvalue weighted by atomic mass is 10.1. The molecule has 0 bridgehead atoms. The Hall–Kier alpha value is -2.05. The van der Waals surface area contributed by atoms with Gasteiger partial charge in [-0.3, -0.25) is 0 Å². The number of hydrogen-bond donors (Lipinski definition) is 0. The Balaban J connectivity index is 2.53. The summed E-state index contributed by atoms with van der Waals surface area (Å²) in [6.07, 6.45) is -2.44. The van der Waals surface area contributed by atoms with Crippen molar-refractivity contribution in [2.45, 2.75) is 6.18 Å². The van der Waals surface area contributed by atoms with Crippen LogP contribution in [0.4, 0.5) is 17.6 Å². The molecular weight excluding hydrogens is 238 g/mol. The number of benzene rings is 1. The minimum atomic E-state index is -4.74. The molecule has 17 heavy (non-hydrogen) atoms. The van der Waals surface area contributed by atoms with Crippen LogP contribution in [0.1, 0.15) is 5.56 Å². The first-order chi connectivity index (χ1) is 7.98. The van der Waals surface area contributed by atoms with Crippen molar-refractivity contribution in [1.29, 1.82) is 0 Å². The van der Waals surface area contributed by atoms with E-state index in [0.717, 1.165) is 18.7 Å². The summed E-state index contributed by atoms with van der Waals surface area (Å²) in [5.41, 5.74) is -1.25. The molecule has 0 saturated carbocycles. The van der Waals surface area contributed by atoms with Crippen molar-refractivity contribution in [2.24, 2.45) is 0 Å². The van der Waals surface area contributed by atoms with Crippen molar-refractivity contribution in [2.75, 3.05) is 0 Å². The van der Waals surface area contributed by atoms with E-state index in [2.05, 4.69) is 15.0 Å². The number of nitrogens with zero attached hydrogens (tertiary/aromatic N) is 3. The number of rotatable bonds is 1. The van der Waals surface area contributed by atoms with Gasteiger partial charge < -0.3 is 0 Å². The Morgan fingerprint density at radius 1 is 1.00 bits per heavy atom. The van der Waals surface area contributed by atoms with Crippen LogP contribution in [0.25, 0.3) is 11.4 Å². The highest BCUT2D eigenvalue weighted by Gasteiger charge is 2.34. The SMILES string of the molecule is Fc1ccc(-c2ncncn2)cc1C(F)(F)F. The van der Waals surface area contributed by atoms with Crippen LogP contribution in [0, 0.1) is 5.82 Å². The summed E-state index contributed by atoms with van der Waals surface area (Å²) in [4.78, 5) is 10.9. The average Bonchev–Trinajstić information content (AvgIpc) is 2.29. The van der Waals surface area contributed by atoms with Crippen molar-refractivity contribution in [1.82, 2.24) is 15.0 Å². The van der Waals surface area contributed by atoms with Gasteiger partial charge in [0.15, 0.2) is 5.82 Å². The molecule has 0 spiro atoms. The molecule has 0 aliphatic rings. The molecule has 0 aliphatic carbocycles. The molecule has 2 rings (SSSR count). The molecule has 3 nitrogen and oxygen atoms in total. The Labute approximate surface area is 93.2 Å². The first kappa shape index (κ1) is 11.4. The first-order valence-corrected chi connectivity index (χ1v) is 4.47.